The van der Waals surface area contributed by atoms with Gasteiger partial charge in [-0.15, -0.1) is 0 Å². The summed E-state index contributed by atoms with van der Waals surface area (Å²) in [4.78, 5) is 33.3. The zero-order valence-electron chi connectivity index (χ0n) is 14.8. The van der Waals surface area contributed by atoms with E-state index in [1.165, 1.54) is 0 Å². The number of hydrogen-bond acceptors (Lipinski definition) is 5. The summed E-state index contributed by atoms with van der Waals surface area (Å²) in [6, 6.07) is 15.6. The smallest absolute Gasteiger partial charge is 0.260 e. The van der Waals surface area contributed by atoms with Crippen LogP contribution in [0.2, 0.25) is 0 Å². The zero-order valence-corrected chi connectivity index (χ0v) is 14.8. The molecule has 0 aliphatic rings. The van der Waals surface area contributed by atoms with Gasteiger partial charge in [0.15, 0.2) is 6.61 Å². The van der Waals surface area contributed by atoms with Gasteiger partial charge in [0.2, 0.25) is 0 Å². The number of aromatic nitrogens is 2. The fraction of sp³-hybridized carbons (Fsp3) is 0.200. The Morgan fingerprint density at radius 1 is 1.22 bits per heavy atom. The summed E-state index contributed by atoms with van der Waals surface area (Å²) in [5, 5.41) is 9.31. The fourth-order valence-corrected chi connectivity index (χ4v) is 2.63. The maximum absolute atomic E-state index is 12.5. The Kier molecular flexibility index (Phi) is 5.47. The van der Waals surface area contributed by atoms with E-state index in [1.807, 2.05) is 19.1 Å². The summed E-state index contributed by atoms with van der Waals surface area (Å²) in [7, 11) is 0. The van der Waals surface area contributed by atoms with E-state index < -0.39 is 0 Å². The summed E-state index contributed by atoms with van der Waals surface area (Å²) >= 11 is 0. The van der Waals surface area contributed by atoms with E-state index in [1.54, 1.807) is 47.4 Å². The molecule has 0 atom stereocenters. The SMILES string of the molecule is CCN(Cc1nc2ccccc2c(=O)[nH]1)C(=O)COc1ccc(C#N)cc1. The van der Waals surface area contributed by atoms with E-state index in [0.29, 0.717) is 34.6 Å². The lowest BCUT2D eigenvalue weighted by atomic mass is 10.2. The van der Waals surface area contributed by atoms with Crippen LogP contribution in [0.25, 0.3) is 10.9 Å². The highest BCUT2D eigenvalue weighted by Gasteiger charge is 2.15. The Bertz CT molecular complexity index is 1050. The van der Waals surface area contributed by atoms with E-state index in [4.69, 9.17) is 10.00 Å². The summed E-state index contributed by atoms with van der Waals surface area (Å²) in [5.41, 5.74) is 0.886. The van der Waals surface area contributed by atoms with Gasteiger partial charge in [0.25, 0.3) is 11.5 Å². The van der Waals surface area contributed by atoms with E-state index >= 15 is 0 Å². The molecule has 7 nitrogen and oxygen atoms in total. The molecule has 0 aliphatic heterocycles. The number of ether oxygens (including phenoxy) is 1. The normalized spacial score (nSPS) is 10.4. The Morgan fingerprint density at radius 2 is 1.96 bits per heavy atom. The largest absolute Gasteiger partial charge is 0.484 e. The number of para-hydroxylation sites is 1. The number of likely N-dealkylation sites (N-methyl/N-ethyl adjacent to an activating group) is 1. The third-order valence-electron chi connectivity index (χ3n) is 4.08. The molecule has 1 N–H and O–H groups in total. The molecule has 3 aromatic rings. The first-order valence-electron chi connectivity index (χ1n) is 8.49. The van der Waals surface area contributed by atoms with Gasteiger partial charge in [-0.25, -0.2) is 4.98 Å². The highest BCUT2D eigenvalue weighted by Crippen LogP contribution is 2.12. The van der Waals surface area contributed by atoms with Crippen LogP contribution >= 0.6 is 0 Å². The van der Waals surface area contributed by atoms with Gasteiger partial charge in [-0.2, -0.15) is 5.26 Å². The van der Waals surface area contributed by atoms with Crippen LogP contribution in [0.1, 0.15) is 18.3 Å². The van der Waals surface area contributed by atoms with Crippen LogP contribution in [0.5, 0.6) is 5.75 Å². The minimum absolute atomic E-state index is 0.141. The molecule has 0 unspecified atom stereocenters. The van der Waals surface area contributed by atoms with Crippen molar-refractivity contribution in [2.75, 3.05) is 13.2 Å². The molecule has 1 aromatic heterocycles. The molecule has 3 rings (SSSR count). The molecule has 1 amide bonds. The minimum atomic E-state index is -0.229. The molecule has 0 fully saturated rings. The molecule has 0 aliphatic carbocycles. The van der Waals surface area contributed by atoms with Crippen molar-refractivity contribution < 1.29 is 9.53 Å². The monoisotopic (exact) mass is 362 g/mol. The Balaban J connectivity index is 1.68. The highest BCUT2D eigenvalue weighted by atomic mass is 16.5. The molecule has 0 bridgehead atoms. The quantitative estimate of drug-likeness (QED) is 0.725. The topological polar surface area (TPSA) is 99.1 Å². The van der Waals surface area contributed by atoms with Crippen molar-refractivity contribution >= 4 is 16.8 Å². The van der Waals surface area contributed by atoms with Crippen LogP contribution in [-0.4, -0.2) is 33.9 Å². The summed E-state index contributed by atoms with van der Waals surface area (Å²) in [6.07, 6.45) is 0. The van der Waals surface area contributed by atoms with E-state index in [0.717, 1.165) is 0 Å². The molecule has 27 heavy (non-hydrogen) atoms. The second-order valence-corrected chi connectivity index (χ2v) is 5.86. The van der Waals surface area contributed by atoms with Crippen molar-refractivity contribution in [3.63, 3.8) is 0 Å². The Morgan fingerprint density at radius 3 is 2.67 bits per heavy atom. The van der Waals surface area contributed by atoms with Crippen molar-refractivity contribution in [1.82, 2.24) is 14.9 Å². The lowest BCUT2D eigenvalue weighted by Crippen LogP contribution is -2.35. The number of H-pyrrole nitrogens is 1. The standard InChI is InChI=1S/C20H18N4O3/c1-2-24(19(25)13-27-15-9-7-14(11-21)8-10-15)12-18-22-17-6-4-3-5-16(17)20(26)23-18/h3-10H,2,12-13H2,1H3,(H,22,23,26). The molecule has 7 heteroatoms. The first-order valence-corrected chi connectivity index (χ1v) is 8.49. The first-order chi connectivity index (χ1) is 13.1. The zero-order chi connectivity index (χ0) is 19.2. The third-order valence-corrected chi connectivity index (χ3v) is 4.08. The van der Waals surface area contributed by atoms with Crippen LogP contribution in [0.4, 0.5) is 0 Å². The fourth-order valence-electron chi connectivity index (χ4n) is 2.63. The molecule has 0 radical (unpaired) electrons. The van der Waals surface area contributed by atoms with E-state index in [9.17, 15) is 9.59 Å². The molecule has 0 saturated heterocycles. The van der Waals surface area contributed by atoms with Gasteiger partial charge in [0.05, 0.1) is 29.1 Å². The Labute approximate surface area is 155 Å². The lowest BCUT2D eigenvalue weighted by Gasteiger charge is -2.20. The predicted molar refractivity (Wildman–Crippen MR) is 100 cm³/mol. The van der Waals surface area contributed by atoms with Crippen LogP contribution < -0.4 is 10.3 Å². The maximum atomic E-state index is 12.5. The van der Waals surface area contributed by atoms with Crippen molar-refractivity contribution in [2.24, 2.45) is 0 Å². The third kappa shape index (κ3) is 4.30. The van der Waals surface area contributed by atoms with Crippen LogP contribution in [-0.2, 0) is 11.3 Å². The number of hydrogen-bond donors (Lipinski definition) is 1. The number of nitrogens with one attached hydrogen (secondary N) is 1. The predicted octanol–water partition coefficient (Wildman–Crippen LogP) is 2.22. The second kappa shape index (κ2) is 8.15. The van der Waals surface area contributed by atoms with Gasteiger partial charge >= 0.3 is 0 Å². The molecule has 2 aromatic carbocycles. The number of carbonyl (C=O) groups is 1. The van der Waals surface area contributed by atoms with E-state index in [-0.39, 0.29) is 24.6 Å². The highest BCUT2D eigenvalue weighted by molar-refractivity contribution is 5.78. The van der Waals surface area contributed by atoms with Gasteiger partial charge in [-0.1, -0.05) is 12.1 Å². The molecular weight excluding hydrogens is 344 g/mol. The Hall–Kier alpha value is -3.66. The van der Waals surface area contributed by atoms with Crippen LogP contribution in [0, 0.1) is 11.3 Å². The summed E-state index contributed by atoms with van der Waals surface area (Å²) < 4.78 is 5.49. The number of aromatic amines is 1. The second-order valence-electron chi connectivity index (χ2n) is 5.86. The summed E-state index contributed by atoms with van der Waals surface area (Å²) in [6.45, 7) is 2.34. The molecule has 0 spiro atoms. The molecule has 0 saturated carbocycles. The number of rotatable bonds is 6. The summed E-state index contributed by atoms with van der Waals surface area (Å²) in [5.74, 6) is 0.709. The van der Waals surface area contributed by atoms with Gasteiger partial charge in [0, 0.05) is 6.54 Å². The number of carbonyl (C=O) groups excluding carboxylic acids is 1. The van der Waals surface area contributed by atoms with Crippen molar-refractivity contribution in [3.8, 4) is 11.8 Å². The van der Waals surface area contributed by atoms with Gasteiger partial charge in [0.1, 0.15) is 11.6 Å². The van der Waals surface area contributed by atoms with Crippen LogP contribution in [0.3, 0.4) is 0 Å². The maximum Gasteiger partial charge on any atom is 0.260 e. The average molecular weight is 362 g/mol. The number of nitriles is 1. The van der Waals surface area contributed by atoms with Gasteiger partial charge < -0.3 is 14.6 Å². The van der Waals surface area contributed by atoms with Crippen molar-refractivity contribution in [3.05, 3.63) is 70.3 Å². The van der Waals surface area contributed by atoms with Crippen molar-refractivity contribution in [2.45, 2.75) is 13.5 Å². The lowest BCUT2D eigenvalue weighted by molar-refractivity contribution is -0.133. The van der Waals surface area contributed by atoms with Crippen molar-refractivity contribution in [1.29, 1.82) is 5.26 Å². The number of nitrogens with zero attached hydrogens (tertiary/aromatic N) is 3. The molecule has 136 valence electrons. The van der Waals surface area contributed by atoms with Crippen LogP contribution in [0.15, 0.2) is 53.3 Å². The molecular formula is C20H18N4O3. The minimum Gasteiger partial charge on any atom is -0.484 e. The van der Waals surface area contributed by atoms with Gasteiger partial charge in [-0.05, 0) is 43.3 Å². The molecule has 1 heterocycles. The van der Waals surface area contributed by atoms with E-state index in [2.05, 4.69) is 9.97 Å². The number of benzene rings is 2. The average Bonchev–Trinajstić information content (AvgIpc) is 2.70. The number of amides is 1. The number of fused-ring (bicyclic) bond motifs is 1. The first kappa shape index (κ1) is 18.1. The van der Waals surface area contributed by atoms with Gasteiger partial charge in [-0.3, -0.25) is 9.59 Å².